The SMILES string of the molecule is Cc1n[nH]c(C)c1S(=O)(=O)N1C[C@@H](O)[C@@H](O)C1. The third-order valence-electron chi connectivity index (χ3n) is 2.88. The van der Waals surface area contributed by atoms with E-state index >= 15 is 0 Å². The van der Waals surface area contributed by atoms with Crippen LogP contribution in [0.1, 0.15) is 11.4 Å². The Bertz CT molecular complexity index is 495. The summed E-state index contributed by atoms with van der Waals surface area (Å²) in [7, 11) is -3.70. The lowest BCUT2D eigenvalue weighted by molar-refractivity contribution is 0.0572. The molecule has 1 saturated heterocycles. The molecule has 17 heavy (non-hydrogen) atoms. The van der Waals surface area contributed by atoms with Gasteiger partial charge in [0.05, 0.1) is 23.6 Å². The highest BCUT2D eigenvalue weighted by atomic mass is 32.2. The van der Waals surface area contributed by atoms with Gasteiger partial charge in [0.15, 0.2) is 0 Å². The smallest absolute Gasteiger partial charge is 0.246 e. The Labute approximate surface area is 99.1 Å². The van der Waals surface area contributed by atoms with E-state index in [1.54, 1.807) is 13.8 Å². The van der Waals surface area contributed by atoms with Crippen molar-refractivity contribution in [2.45, 2.75) is 31.0 Å². The molecule has 0 amide bonds. The van der Waals surface area contributed by atoms with Crippen molar-refractivity contribution < 1.29 is 18.6 Å². The predicted molar refractivity (Wildman–Crippen MR) is 58.8 cm³/mol. The average molecular weight is 261 g/mol. The summed E-state index contributed by atoms with van der Waals surface area (Å²) in [6.07, 6.45) is -2.06. The molecule has 2 atom stereocenters. The van der Waals surface area contributed by atoms with Crippen LogP contribution in [0, 0.1) is 13.8 Å². The number of β-amino-alcohol motifs (C(OH)–C–C–N with tert-alkyl or cyclic N) is 2. The van der Waals surface area contributed by atoms with E-state index in [9.17, 15) is 18.6 Å². The fraction of sp³-hybridized carbons (Fsp3) is 0.667. The van der Waals surface area contributed by atoms with E-state index < -0.39 is 22.2 Å². The van der Waals surface area contributed by atoms with Gasteiger partial charge in [-0.15, -0.1) is 0 Å². The Morgan fingerprint density at radius 1 is 1.29 bits per heavy atom. The first kappa shape index (κ1) is 12.5. The van der Waals surface area contributed by atoms with Crippen molar-refractivity contribution in [3.05, 3.63) is 11.4 Å². The van der Waals surface area contributed by atoms with Crippen LogP contribution in [0.3, 0.4) is 0 Å². The van der Waals surface area contributed by atoms with Crippen molar-refractivity contribution >= 4 is 10.0 Å². The van der Waals surface area contributed by atoms with Crippen molar-refractivity contribution in [3.63, 3.8) is 0 Å². The number of nitrogens with one attached hydrogen (secondary N) is 1. The molecule has 1 aliphatic rings. The molecule has 2 heterocycles. The Morgan fingerprint density at radius 3 is 2.24 bits per heavy atom. The van der Waals surface area contributed by atoms with Crippen LogP contribution in [0.25, 0.3) is 0 Å². The summed E-state index contributed by atoms with van der Waals surface area (Å²) >= 11 is 0. The molecule has 1 fully saturated rings. The molecule has 7 nitrogen and oxygen atoms in total. The van der Waals surface area contributed by atoms with Crippen molar-refractivity contribution in [1.82, 2.24) is 14.5 Å². The molecule has 0 aromatic carbocycles. The van der Waals surface area contributed by atoms with Crippen LogP contribution in [0.2, 0.25) is 0 Å². The second kappa shape index (κ2) is 4.05. The molecule has 0 spiro atoms. The first-order chi connectivity index (χ1) is 7.84. The first-order valence-electron chi connectivity index (χ1n) is 5.22. The number of aromatic amines is 1. The van der Waals surface area contributed by atoms with Crippen LogP contribution in [-0.4, -0.2) is 58.4 Å². The van der Waals surface area contributed by atoms with Gasteiger partial charge >= 0.3 is 0 Å². The molecule has 0 saturated carbocycles. The highest BCUT2D eigenvalue weighted by Gasteiger charge is 2.39. The van der Waals surface area contributed by atoms with Crippen molar-refractivity contribution in [1.29, 1.82) is 0 Å². The van der Waals surface area contributed by atoms with Gasteiger partial charge in [-0.2, -0.15) is 9.40 Å². The number of hydrogen-bond acceptors (Lipinski definition) is 5. The number of aliphatic hydroxyl groups is 2. The van der Waals surface area contributed by atoms with Gasteiger partial charge < -0.3 is 10.2 Å². The maximum absolute atomic E-state index is 12.3. The molecule has 96 valence electrons. The van der Waals surface area contributed by atoms with Crippen molar-refractivity contribution in [3.8, 4) is 0 Å². The van der Waals surface area contributed by atoms with Gasteiger partial charge in [0.25, 0.3) is 0 Å². The number of rotatable bonds is 2. The Kier molecular flexibility index (Phi) is 2.98. The molecule has 1 aromatic rings. The fourth-order valence-corrected chi connectivity index (χ4v) is 3.79. The third-order valence-corrected chi connectivity index (χ3v) is 4.98. The van der Waals surface area contributed by atoms with Gasteiger partial charge in [0, 0.05) is 13.1 Å². The molecule has 3 N–H and O–H groups in total. The number of hydrogen-bond donors (Lipinski definition) is 3. The van der Waals surface area contributed by atoms with E-state index in [1.807, 2.05) is 0 Å². The van der Waals surface area contributed by atoms with Gasteiger partial charge in [-0.25, -0.2) is 8.42 Å². The van der Waals surface area contributed by atoms with Crippen LogP contribution >= 0.6 is 0 Å². The summed E-state index contributed by atoms with van der Waals surface area (Å²) in [5, 5.41) is 25.2. The quantitative estimate of drug-likeness (QED) is 0.617. The Hall–Kier alpha value is -0.960. The van der Waals surface area contributed by atoms with Gasteiger partial charge in [-0.3, -0.25) is 5.10 Å². The van der Waals surface area contributed by atoms with Gasteiger partial charge in [-0.1, -0.05) is 0 Å². The molecule has 0 bridgehead atoms. The standard InChI is InChI=1S/C9H15N3O4S/c1-5-9(6(2)11-10-5)17(15,16)12-3-7(13)8(14)4-12/h7-8,13-14H,3-4H2,1-2H3,(H,10,11)/t7-,8+. The largest absolute Gasteiger partial charge is 0.389 e. The maximum atomic E-state index is 12.3. The zero-order valence-electron chi connectivity index (χ0n) is 9.58. The zero-order chi connectivity index (χ0) is 12.8. The normalized spacial score (nSPS) is 26.6. The molecule has 1 aromatic heterocycles. The van der Waals surface area contributed by atoms with E-state index in [-0.39, 0.29) is 18.0 Å². The van der Waals surface area contributed by atoms with Crippen LogP contribution in [-0.2, 0) is 10.0 Å². The molecular weight excluding hydrogens is 246 g/mol. The molecule has 0 radical (unpaired) electrons. The summed E-state index contributed by atoms with van der Waals surface area (Å²) in [4.78, 5) is 0.124. The first-order valence-corrected chi connectivity index (χ1v) is 6.66. The lowest BCUT2D eigenvalue weighted by atomic mass is 10.3. The van der Waals surface area contributed by atoms with Crippen LogP contribution in [0.15, 0.2) is 4.90 Å². The Balaban J connectivity index is 2.39. The monoisotopic (exact) mass is 261 g/mol. The fourth-order valence-electron chi connectivity index (χ4n) is 1.98. The molecular formula is C9H15N3O4S. The van der Waals surface area contributed by atoms with E-state index in [1.165, 1.54) is 0 Å². The van der Waals surface area contributed by atoms with E-state index in [0.29, 0.717) is 11.4 Å². The summed E-state index contributed by atoms with van der Waals surface area (Å²) in [5.41, 5.74) is 0.844. The summed E-state index contributed by atoms with van der Waals surface area (Å²) in [6, 6.07) is 0. The van der Waals surface area contributed by atoms with E-state index in [4.69, 9.17) is 0 Å². The third kappa shape index (κ3) is 1.97. The lowest BCUT2D eigenvalue weighted by Crippen LogP contribution is -2.30. The van der Waals surface area contributed by atoms with Gasteiger partial charge in [0.1, 0.15) is 4.90 Å². The summed E-state index contributed by atoms with van der Waals surface area (Å²) in [5.74, 6) is 0. The van der Waals surface area contributed by atoms with Crippen LogP contribution < -0.4 is 0 Å². The van der Waals surface area contributed by atoms with E-state index in [0.717, 1.165) is 4.31 Å². The van der Waals surface area contributed by atoms with Crippen LogP contribution in [0.5, 0.6) is 0 Å². The lowest BCUT2D eigenvalue weighted by Gasteiger charge is -2.15. The van der Waals surface area contributed by atoms with Gasteiger partial charge in [-0.05, 0) is 13.8 Å². The van der Waals surface area contributed by atoms with E-state index in [2.05, 4.69) is 10.2 Å². The van der Waals surface area contributed by atoms with Crippen molar-refractivity contribution in [2.24, 2.45) is 0 Å². The highest BCUT2D eigenvalue weighted by molar-refractivity contribution is 7.89. The molecule has 2 rings (SSSR count). The number of aryl methyl sites for hydroxylation is 2. The summed E-state index contributed by atoms with van der Waals surface area (Å²) < 4.78 is 25.6. The minimum atomic E-state index is -3.70. The molecule has 8 heteroatoms. The second-order valence-electron chi connectivity index (χ2n) is 4.22. The van der Waals surface area contributed by atoms with Crippen molar-refractivity contribution in [2.75, 3.05) is 13.1 Å². The number of H-pyrrole nitrogens is 1. The predicted octanol–water partition coefficient (Wildman–Crippen LogP) is -1.25. The van der Waals surface area contributed by atoms with Crippen LogP contribution in [0.4, 0.5) is 0 Å². The number of sulfonamides is 1. The minimum Gasteiger partial charge on any atom is -0.389 e. The number of aromatic nitrogens is 2. The number of aliphatic hydroxyl groups excluding tert-OH is 2. The Morgan fingerprint density at radius 2 is 1.82 bits per heavy atom. The topological polar surface area (TPSA) is 107 Å². The highest BCUT2D eigenvalue weighted by Crippen LogP contribution is 2.25. The molecule has 1 aliphatic heterocycles. The second-order valence-corrected chi connectivity index (χ2v) is 6.09. The average Bonchev–Trinajstić information content (AvgIpc) is 2.72. The minimum absolute atomic E-state index is 0.0897. The van der Waals surface area contributed by atoms with Gasteiger partial charge in [0.2, 0.25) is 10.0 Å². The molecule has 0 aliphatic carbocycles. The maximum Gasteiger partial charge on any atom is 0.246 e. The zero-order valence-corrected chi connectivity index (χ0v) is 10.4. The number of nitrogens with zero attached hydrogens (tertiary/aromatic N) is 2. The molecule has 0 unspecified atom stereocenters. The summed E-state index contributed by atoms with van der Waals surface area (Å²) in [6.45, 7) is 3.04.